The van der Waals surface area contributed by atoms with E-state index in [0.717, 1.165) is 25.9 Å². The quantitative estimate of drug-likeness (QED) is 0.773. The molecule has 0 atom stereocenters. The number of likely N-dealkylation sites (tertiary alicyclic amines) is 1. The topological polar surface area (TPSA) is 55.6 Å². The minimum atomic E-state index is -0.392. The molecule has 2 N–H and O–H groups in total. The number of rotatable bonds is 4. The first kappa shape index (κ1) is 14.4. The van der Waals surface area contributed by atoms with Gasteiger partial charge in [-0.05, 0) is 26.7 Å². The van der Waals surface area contributed by atoms with Crippen LogP contribution in [0.15, 0.2) is 0 Å². The lowest BCUT2D eigenvalue weighted by molar-refractivity contribution is -0.137. The fraction of sp³-hybridized carbons (Fsp3) is 0.833. The van der Waals surface area contributed by atoms with Crippen molar-refractivity contribution in [3.8, 4) is 0 Å². The predicted molar refractivity (Wildman–Crippen MR) is 71.8 cm³/mol. The smallest absolute Gasteiger partial charge is 0.225 e. The highest BCUT2D eigenvalue weighted by Gasteiger charge is 2.28. The summed E-state index contributed by atoms with van der Waals surface area (Å²) in [6, 6.07) is 0. The Kier molecular flexibility index (Phi) is 4.89. The van der Waals surface area contributed by atoms with Crippen molar-refractivity contribution < 1.29 is 9.53 Å². The van der Waals surface area contributed by atoms with Crippen molar-refractivity contribution in [2.75, 3.05) is 20.2 Å². The van der Waals surface area contributed by atoms with Crippen LogP contribution in [0.4, 0.5) is 0 Å². The number of ether oxygens (including phenoxy) is 1. The average Bonchev–Trinajstić information content (AvgIpc) is 2.28. The maximum absolute atomic E-state index is 12.0. The third kappa shape index (κ3) is 4.24. The van der Waals surface area contributed by atoms with Gasteiger partial charge in [-0.15, -0.1) is 0 Å². The van der Waals surface area contributed by atoms with Crippen LogP contribution in [0.25, 0.3) is 0 Å². The van der Waals surface area contributed by atoms with Gasteiger partial charge in [-0.1, -0.05) is 12.2 Å². The van der Waals surface area contributed by atoms with Crippen molar-refractivity contribution in [1.82, 2.24) is 4.90 Å². The second kappa shape index (κ2) is 5.78. The van der Waals surface area contributed by atoms with E-state index in [-0.39, 0.29) is 5.91 Å². The second-order valence-electron chi connectivity index (χ2n) is 5.20. The Labute approximate surface area is 108 Å². The average molecular weight is 258 g/mol. The Morgan fingerprint density at radius 3 is 2.41 bits per heavy atom. The molecule has 17 heavy (non-hydrogen) atoms. The zero-order valence-corrected chi connectivity index (χ0v) is 11.7. The summed E-state index contributed by atoms with van der Waals surface area (Å²) in [6.45, 7) is 5.35. The number of nitrogens with zero attached hydrogens (tertiary/aromatic N) is 1. The summed E-state index contributed by atoms with van der Waals surface area (Å²) in [7, 11) is 1.63. The standard InChI is InChI=1S/C12H22N2O2S/c1-12(2,16-3)8-10(15)14-6-4-9(5-7-14)11(13)17/h9H,4-8H2,1-3H3,(H2,13,17). The molecule has 98 valence electrons. The minimum Gasteiger partial charge on any atom is -0.393 e. The van der Waals surface area contributed by atoms with E-state index in [1.54, 1.807) is 7.11 Å². The van der Waals surface area contributed by atoms with Gasteiger partial charge in [0.15, 0.2) is 0 Å². The number of nitrogens with two attached hydrogens (primary N) is 1. The molecule has 5 heteroatoms. The fourth-order valence-electron chi connectivity index (χ4n) is 1.96. The van der Waals surface area contributed by atoms with E-state index in [1.807, 2.05) is 18.7 Å². The minimum absolute atomic E-state index is 0.151. The number of carbonyl (C=O) groups is 1. The van der Waals surface area contributed by atoms with Gasteiger partial charge in [0.05, 0.1) is 17.0 Å². The molecule has 1 amide bonds. The highest BCUT2D eigenvalue weighted by molar-refractivity contribution is 7.80. The van der Waals surface area contributed by atoms with Crippen LogP contribution in [0.2, 0.25) is 0 Å². The van der Waals surface area contributed by atoms with Gasteiger partial charge in [-0.2, -0.15) is 0 Å². The van der Waals surface area contributed by atoms with Gasteiger partial charge in [0.1, 0.15) is 0 Å². The molecule has 1 heterocycles. The van der Waals surface area contributed by atoms with Crippen LogP contribution in [0.3, 0.4) is 0 Å². The Balaban J connectivity index is 2.44. The molecule has 0 unspecified atom stereocenters. The lowest BCUT2D eigenvalue weighted by Gasteiger charge is -2.33. The highest BCUT2D eigenvalue weighted by Crippen LogP contribution is 2.21. The first-order valence-electron chi connectivity index (χ1n) is 5.98. The Bertz CT molecular complexity index is 297. The number of hydrogen-bond donors (Lipinski definition) is 1. The van der Waals surface area contributed by atoms with Crippen molar-refractivity contribution in [1.29, 1.82) is 0 Å². The van der Waals surface area contributed by atoms with Crippen LogP contribution in [-0.2, 0) is 9.53 Å². The number of piperidine rings is 1. The van der Waals surface area contributed by atoms with Gasteiger partial charge in [-0.25, -0.2) is 0 Å². The number of carbonyl (C=O) groups excluding carboxylic acids is 1. The highest BCUT2D eigenvalue weighted by atomic mass is 32.1. The molecule has 0 aromatic carbocycles. The van der Waals surface area contributed by atoms with E-state index in [1.165, 1.54) is 0 Å². The summed E-state index contributed by atoms with van der Waals surface area (Å²) in [5.74, 6) is 0.447. The van der Waals surface area contributed by atoms with Gasteiger partial charge in [-0.3, -0.25) is 4.79 Å². The zero-order chi connectivity index (χ0) is 13.1. The molecular formula is C12H22N2O2S. The molecule has 0 spiro atoms. The SMILES string of the molecule is COC(C)(C)CC(=O)N1CCC(C(N)=S)CC1. The lowest BCUT2D eigenvalue weighted by Crippen LogP contribution is -2.43. The maximum atomic E-state index is 12.0. The number of thiocarbonyl (C=S) groups is 1. The van der Waals surface area contributed by atoms with E-state index in [9.17, 15) is 4.79 Å². The molecule has 1 saturated heterocycles. The van der Waals surface area contributed by atoms with E-state index < -0.39 is 5.60 Å². The molecule has 0 aromatic rings. The van der Waals surface area contributed by atoms with Crippen LogP contribution >= 0.6 is 12.2 Å². The molecule has 0 aliphatic carbocycles. The normalized spacial score (nSPS) is 18.2. The Morgan fingerprint density at radius 2 is 2.00 bits per heavy atom. The van der Waals surface area contributed by atoms with Gasteiger partial charge >= 0.3 is 0 Å². The predicted octanol–water partition coefficient (Wildman–Crippen LogP) is 1.33. The van der Waals surface area contributed by atoms with E-state index in [2.05, 4.69) is 0 Å². The summed E-state index contributed by atoms with van der Waals surface area (Å²) in [4.78, 5) is 14.5. The molecule has 0 radical (unpaired) electrons. The monoisotopic (exact) mass is 258 g/mol. The van der Waals surface area contributed by atoms with Crippen molar-refractivity contribution in [3.63, 3.8) is 0 Å². The van der Waals surface area contributed by atoms with E-state index in [4.69, 9.17) is 22.7 Å². The molecule has 0 saturated carbocycles. The number of methoxy groups -OCH3 is 1. The second-order valence-corrected chi connectivity index (χ2v) is 5.67. The van der Waals surface area contributed by atoms with Crippen LogP contribution in [0.5, 0.6) is 0 Å². The van der Waals surface area contributed by atoms with E-state index in [0.29, 0.717) is 17.3 Å². The molecule has 4 nitrogen and oxygen atoms in total. The zero-order valence-electron chi connectivity index (χ0n) is 10.9. The lowest BCUT2D eigenvalue weighted by atomic mass is 9.95. The molecular weight excluding hydrogens is 236 g/mol. The number of amides is 1. The molecule has 0 aromatic heterocycles. The molecule has 1 rings (SSSR count). The number of hydrogen-bond acceptors (Lipinski definition) is 3. The largest absolute Gasteiger partial charge is 0.393 e. The maximum Gasteiger partial charge on any atom is 0.225 e. The molecule has 1 aliphatic heterocycles. The Hall–Kier alpha value is -0.680. The molecule has 1 aliphatic rings. The molecule has 1 fully saturated rings. The van der Waals surface area contributed by atoms with Crippen molar-refractivity contribution in [2.45, 2.75) is 38.7 Å². The van der Waals surface area contributed by atoms with Crippen LogP contribution in [-0.4, -0.2) is 41.6 Å². The van der Waals surface area contributed by atoms with Crippen LogP contribution < -0.4 is 5.73 Å². The van der Waals surface area contributed by atoms with Crippen molar-refractivity contribution in [3.05, 3.63) is 0 Å². The first-order valence-corrected chi connectivity index (χ1v) is 6.39. The van der Waals surface area contributed by atoms with Gasteiger partial charge in [0.2, 0.25) is 5.91 Å². The third-order valence-electron chi connectivity index (χ3n) is 3.38. The van der Waals surface area contributed by atoms with Gasteiger partial charge < -0.3 is 15.4 Å². The summed E-state index contributed by atoms with van der Waals surface area (Å²) in [5, 5.41) is 0. The molecule has 0 bridgehead atoms. The Morgan fingerprint density at radius 1 is 1.47 bits per heavy atom. The van der Waals surface area contributed by atoms with Gasteiger partial charge in [0, 0.05) is 26.1 Å². The summed E-state index contributed by atoms with van der Waals surface area (Å²) in [5.41, 5.74) is 5.23. The van der Waals surface area contributed by atoms with E-state index >= 15 is 0 Å². The van der Waals surface area contributed by atoms with Crippen molar-refractivity contribution >= 4 is 23.1 Å². The summed E-state index contributed by atoms with van der Waals surface area (Å²) >= 11 is 4.98. The van der Waals surface area contributed by atoms with Gasteiger partial charge in [0.25, 0.3) is 0 Å². The summed E-state index contributed by atoms with van der Waals surface area (Å²) < 4.78 is 5.27. The van der Waals surface area contributed by atoms with Crippen molar-refractivity contribution in [2.24, 2.45) is 11.7 Å². The summed E-state index contributed by atoms with van der Waals surface area (Å²) in [6.07, 6.45) is 2.18. The first-order chi connectivity index (χ1) is 7.85. The van der Waals surface area contributed by atoms with Crippen LogP contribution in [0.1, 0.15) is 33.1 Å². The van der Waals surface area contributed by atoms with Crippen LogP contribution in [0, 0.1) is 5.92 Å². The fourth-order valence-corrected chi connectivity index (χ4v) is 2.20. The third-order valence-corrected chi connectivity index (χ3v) is 3.71.